The molecule has 1 aliphatic heterocycles. The van der Waals surface area contributed by atoms with Crippen molar-refractivity contribution in [2.75, 3.05) is 18.4 Å². The number of hydrogen-bond donors (Lipinski definition) is 0. The van der Waals surface area contributed by atoms with E-state index in [1.165, 1.54) is 44.1 Å². The molecule has 2 heteroatoms. The molecule has 0 aromatic heterocycles. The Kier molecular flexibility index (Phi) is 2.48. The lowest BCUT2D eigenvalue weighted by molar-refractivity contribution is 0.147. The van der Waals surface area contributed by atoms with Gasteiger partial charge in [0.1, 0.15) is 0 Å². The SMILES string of the molecule is CC1(C)CCCN1CC1(CBr)CC1. The van der Waals surface area contributed by atoms with Gasteiger partial charge < -0.3 is 0 Å². The minimum atomic E-state index is 0.470. The van der Waals surface area contributed by atoms with E-state index in [2.05, 4.69) is 34.7 Å². The van der Waals surface area contributed by atoms with Crippen LogP contribution in [0.1, 0.15) is 39.5 Å². The Morgan fingerprint density at radius 1 is 1.23 bits per heavy atom. The molecule has 0 bridgehead atoms. The van der Waals surface area contributed by atoms with Crippen LogP contribution >= 0.6 is 15.9 Å². The molecule has 0 atom stereocenters. The fourth-order valence-corrected chi connectivity index (χ4v) is 3.11. The van der Waals surface area contributed by atoms with Gasteiger partial charge in [0.15, 0.2) is 0 Å². The Morgan fingerprint density at radius 2 is 1.92 bits per heavy atom. The van der Waals surface area contributed by atoms with E-state index in [0.29, 0.717) is 11.0 Å². The van der Waals surface area contributed by atoms with E-state index < -0.39 is 0 Å². The van der Waals surface area contributed by atoms with Crippen LogP contribution in [0.4, 0.5) is 0 Å². The lowest BCUT2D eigenvalue weighted by atomic mass is 10.0. The van der Waals surface area contributed by atoms with Gasteiger partial charge in [-0.25, -0.2) is 0 Å². The lowest BCUT2D eigenvalue weighted by Gasteiger charge is -2.34. The maximum Gasteiger partial charge on any atom is 0.0153 e. The molecule has 13 heavy (non-hydrogen) atoms. The maximum absolute atomic E-state index is 3.65. The summed E-state index contributed by atoms with van der Waals surface area (Å²) in [5.41, 5.74) is 1.12. The molecule has 0 spiro atoms. The van der Waals surface area contributed by atoms with Crippen LogP contribution in [0.3, 0.4) is 0 Å². The third kappa shape index (κ3) is 1.94. The number of halogens is 1. The molecule has 0 unspecified atom stereocenters. The third-order valence-electron chi connectivity index (χ3n) is 3.84. The summed E-state index contributed by atoms with van der Waals surface area (Å²) in [4.78, 5) is 2.70. The van der Waals surface area contributed by atoms with E-state index in [4.69, 9.17) is 0 Å². The summed E-state index contributed by atoms with van der Waals surface area (Å²) < 4.78 is 0. The Balaban J connectivity index is 1.94. The second-order valence-corrected chi connectivity index (χ2v) is 6.03. The van der Waals surface area contributed by atoms with Gasteiger partial charge in [0.2, 0.25) is 0 Å². The highest BCUT2D eigenvalue weighted by Gasteiger charge is 2.46. The third-order valence-corrected chi connectivity index (χ3v) is 5.03. The van der Waals surface area contributed by atoms with Crippen LogP contribution < -0.4 is 0 Å². The highest BCUT2D eigenvalue weighted by Crippen LogP contribution is 2.49. The molecular weight excluding hydrogens is 226 g/mol. The molecule has 1 heterocycles. The van der Waals surface area contributed by atoms with Crippen molar-refractivity contribution in [1.29, 1.82) is 0 Å². The van der Waals surface area contributed by atoms with Gasteiger partial charge in [-0.05, 0) is 51.5 Å². The molecule has 0 aromatic carbocycles. The van der Waals surface area contributed by atoms with E-state index in [0.717, 1.165) is 0 Å². The number of rotatable bonds is 3. The Hall–Kier alpha value is 0.440. The summed E-state index contributed by atoms with van der Waals surface area (Å²) in [7, 11) is 0. The molecule has 0 amide bonds. The standard InChI is InChI=1S/C11H20BrN/c1-10(2)4-3-7-13(10)9-11(8-12)5-6-11/h3-9H2,1-2H3. The minimum Gasteiger partial charge on any atom is -0.298 e. The first-order valence-corrected chi connectivity index (χ1v) is 6.51. The zero-order valence-corrected chi connectivity index (χ0v) is 10.4. The van der Waals surface area contributed by atoms with Gasteiger partial charge in [-0.3, -0.25) is 4.90 Å². The molecule has 76 valence electrons. The monoisotopic (exact) mass is 245 g/mol. The van der Waals surface area contributed by atoms with Crippen LogP contribution in [0.15, 0.2) is 0 Å². The topological polar surface area (TPSA) is 3.24 Å². The van der Waals surface area contributed by atoms with Gasteiger partial charge in [-0.15, -0.1) is 0 Å². The van der Waals surface area contributed by atoms with Crippen molar-refractivity contribution in [3.8, 4) is 0 Å². The number of alkyl halides is 1. The first-order chi connectivity index (χ1) is 6.08. The van der Waals surface area contributed by atoms with Gasteiger partial charge in [-0.1, -0.05) is 15.9 Å². The fourth-order valence-electron chi connectivity index (χ4n) is 2.37. The molecule has 0 radical (unpaired) electrons. The largest absolute Gasteiger partial charge is 0.298 e. The summed E-state index contributed by atoms with van der Waals surface area (Å²) in [6.45, 7) is 7.43. The van der Waals surface area contributed by atoms with Gasteiger partial charge in [0.25, 0.3) is 0 Å². The average molecular weight is 246 g/mol. The van der Waals surface area contributed by atoms with Crippen molar-refractivity contribution < 1.29 is 0 Å². The first kappa shape index (κ1) is 9.97. The van der Waals surface area contributed by atoms with Crippen LogP contribution in [0, 0.1) is 5.41 Å². The molecule has 1 saturated carbocycles. The lowest BCUT2D eigenvalue weighted by Crippen LogP contribution is -2.42. The molecule has 1 nitrogen and oxygen atoms in total. The van der Waals surface area contributed by atoms with Crippen LogP contribution in [0.5, 0.6) is 0 Å². The zero-order valence-electron chi connectivity index (χ0n) is 8.77. The summed E-state index contributed by atoms with van der Waals surface area (Å²) in [6.07, 6.45) is 5.65. The maximum atomic E-state index is 3.65. The summed E-state index contributed by atoms with van der Waals surface area (Å²) in [5, 5.41) is 1.20. The fraction of sp³-hybridized carbons (Fsp3) is 1.00. The van der Waals surface area contributed by atoms with Crippen LogP contribution in [-0.2, 0) is 0 Å². The smallest absolute Gasteiger partial charge is 0.0153 e. The van der Waals surface area contributed by atoms with Crippen LogP contribution in [0.25, 0.3) is 0 Å². The van der Waals surface area contributed by atoms with Crippen molar-refractivity contribution in [2.45, 2.75) is 45.1 Å². The number of hydrogen-bond acceptors (Lipinski definition) is 1. The minimum absolute atomic E-state index is 0.470. The molecule has 1 aliphatic carbocycles. The zero-order chi connectivity index (χ0) is 9.53. The summed E-state index contributed by atoms with van der Waals surface area (Å²) in [6, 6.07) is 0. The predicted molar refractivity (Wildman–Crippen MR) is 60.3 cm³/mol. The van der Waals surface area contributed by atoms with Gasteiger partial charge in [0.05, 0.1) is 0 Å². The molecule has 0 aromatic rings. The van der Waals surface area contributed by atoms with E-state index in [1.807, 2.05) is 0 Å². The molecule has 0 N–H and O–H groups in total. The van der Waals surface area contributed by atoms with E-state index in [-0.39, 0.29) is 0 Å². The van der Waals surface area contributed by atoms with Crippen molar-refractivity contribution in [2.24, 2.45) is 5.41 Å². The van der Waals surface area contributed by atoms with Gasteiger partial charge >= 0.3 is 0 Å². The van der Waals surface area contributed by atoms with Gasteiger partial charge in [-0.2, -0.15) is 0 Å². The quantitative estimate of drug-likeness (QED) is 0.692. The summed E-state index contributed by atoms with van der Waals surface area (Å²) in [5.74, 6) is 0. The number of likely N-dealkylation sites (tertiary alicyclic amines) is 1. The highest BCUT2D eigenvalue weighted by atomic mass is 79.9. The van der Waals surface area contributed by atoms with Crippen LogP contribution in [-0.4, -0.2) is 28.9 Å². The van der Waals surface area contributed by atoms with Crippen molar-refractivity contribution in [1.82, 2.24) is 4.90 Å². The van der Waals surface area contributed by atoms with E-state index in [1.54, 1.807) is 0 Å². The Labute approximate surface area is 90.0 Å². The van der Waals surface area contributed by atoms with E-state index >= 15 is 0 Å². The summed E-state index contributed by atoms with van der Waals surface area (Å²) >= 11 is 3.65. The molecule has 2 rings (SSSR count). The molecular formula is C11H20BrN. The average Bonchev–Trinajstić information content (AvgIpc) is 2.76. The normalized spacial score (nSPS) is 30.7. The van der Waals surface area contributed by atoms with E-state index in [9.17, 15) is 0 Å². The van der Waals surface area contributed by atoms with Gasteiger partial charge in [0, 0.05) is 17.4 Å². The molecule has 2 aliphatic rings. The van der Waals surface area contributed by atoms with Crippen molar-refractivity contribution >= 4 is 15.9 Å². The number of nitrogens with zero attached hydrogens (tertiary/aromatic N) is 1. The van der Waals surface area contributed by atoms with Crippen LogP contribution in [0.2, 0.25) is 0 Å². The highest BCUT2D eigenvalue weighted by molar-refractivity contribution is 9.09. The Morgan fingerprint density at radius 3 is 2.31 bits per heavy atom. The molecule has 1 saturated heterocycles. The second kappa shape index (κ2) is 3.23. The van der Waals surface area contributed by atoms with Crippen molar-refractivity contribution in [3.05, 3.63) is 0 Å². The predicted octanol–water partition coefficient (Wildman–Crippen LogP) is 3.04. The second-order valence-electron chi connectivity index (χ2n) is 5.47. The first-order valence-electron chi connectivity index (χ1n) is 5.39. The molecule has 2 fully saturated rings. The van der Waals surface area contributed by atoms with Crippen molar-refractivity contribution in [3.63, 3.8) is 0 Å². The Bertz CT molecular complexity index is 196.